The Kier molecular flexibility index (Phi) is 5.57. The first-order valence-corrected chi connectivity index (χ1v) is 3.77. The highest BCUT2D eigenvalue weighted by molar-refractivity contribution is 5.79. The van der Waals surface area contributed by atoms with Gasteiger partial charge in [-0.25, -0.2) is 4.79 Å². The summed E-state index contributed by atoms with van der Waals surface area (Å²) in [7, 11) is 1.69. The Balaban J connectivity index is 4.22. The van der Waals surface area contributed by atoms with E-state index < -0.39 is 6.03 Å². The smallest absolute Gasteiger partial charge is 0.313 e. The van der Waals surface area contributed by atoms with E-state index in [-0.39, 0.29) is 12.6 Å². The first-order valence-electron chi connectivity index (χ1n) is 3.77. The maximum Gasteiger partial charge on any atom is 0.313 e. The molecule has 0 aliphatic heterocycles. The molecule has 0 rings (SSSR count). The Hall–Kier alpha value is -2.01. The highest BCUT2D eigenvalue weighted by Gasteiger charge is 2.06. The van der Waals surface area contributed by atoms with E-state index in [0.29, 0.717) is 6.67 Å². The molecule has 0 aliphatic carbocycles. The van der Waals surface area contributed by atoms with E-state index in [1.54, 1.807) is 13.2 Å². The molecule has 0 aromatic carbocycles. The second-order valence-corrected chi connectivity index (χ2v) is 2.32. The molecule has 0 aromatic heterocycles. The predicted octanol–water partition coefficient (Wildman–Crippen LogP) is -2.11. The van der Waals surface area contributed by atoms with Crippen molar-refractivity contribution >= 4 is 12.0 Å². The van der Waals surface area contributed by atoms with Crippen molar-refractivity contribution in [3.8, 4) is 6.19 Å². The van der Waals surface area contributed by atoms with Crippen molar-refractivity contribution in [1.29, 1.82) is 5.26 Å². The van der Waals surface area contributed by atoms with Crippen LogP contribution in [0.1, 0.15) is 0 Å². The number of hydrogen-bond donors (Lipinski definition) is 4. The Bertz CT molecular complexity index is 255. The predicted molar refractivity (Wildman–Crippen MR) is 50.6 cm³/mol. The van der Waals surface area contributed by atoms with E-state index in [0.717, 1.165) is 0 Å². The molecule has 78 valence electrons. The largest absolute Gasteiger partial charge is 0.369 e. The highest BCUT2D eigenvalue weighted by atomic mass is 16.2. The zero-order valence-corrected chi connectivity index (χ0v) is 7.82. The fraction of sp³-hybridized carbons (Fsp3) is 0.500. The number of amides is 2. The van der Waals surface area contributed by atoms with Crippen molar-refractivity contribution in [2.45, 2.75) is 0 Å². The number of hydrogen-bond acceptors (Lipinski definition) is 4. The fourth-order valence-electron chi connectivity index (χ4n) is 0.704. The van der Waals surface area contributed by atoms with E-state index in [1.165, 1.54) is 4.90 Å². The summed E-state index contributed by atoms with van der Waals surface area (Å²) >= 11 is 0. The van der Waals surface area contributed by atoms with Crippen LogP contribution < -0.4 is 22.1 Å². The summed E-state index contributed by atoms with van der Waals surface area (Å²) in [5.74, 6) is 0.00981. The van der Waals surface area contributed by atoms with Gasteiger partial charge in [0.1, 0.15) is 0 Å². The minimum atomic E-state index is -0.670. The second-order valence-electron chi connectivity index (χ2n) is 2.32. The van der Waals surface area contributed by atoms with Gasteiger partial charge in [0.25, 0.3) is 0 Å². The molecule has 8 nitrogen and oxygen atoms in total. The summed E-state index contributed by atoms with van der Waals surface area (Å²) in [5, 5.41) is 13.4. The SMILES string of the molecule is CNCN(CNC(N)=O)C(N)=NC#N. The first kappa shape index (κ1) is 12.0. The second kappa shape index (κ2) is 6.50. The van der Waals surface area contributed by atoms with Gasteiger partial charge in [-0.05, 0) is 7.05 Å². The van der Waals surface area contributed by atoms with Crippen LogP contribution in [0.25, 0.3) is 0 Å². The molecule has 0 aromatic rings. The van der Waals surface area contributed by atoms with E-state index in [1.807, 2.05) is 0 Å². The van der Waals surface area contributed by atoms with Crippen molar-refractivity contribution < 1.29 is 4.79 Å². The normalized spacial score (nSPS) is 10.4. The third-order valence-corrected chi connectivity index (χ3v) is 1.28. The van der Waals surface area contributed by atoms with Crippen molar-refractivity contribution in [3.63, 3.8) is 0 Å². The summed E-state index contributed by atoms with van der Waals surface area (Å²) in [6.07, 6.45) is 1.54. The molecule has 0 bridgehead atoms. The quantitative estimate of drug-likeness (QED) is 0.178. The Morgan fingerprint density at radius 1 is 1.57 bits per heavy atom. The molecule has 0 spiro atoms. The van der Waals surface area contributed by atoms with Crippen LogP contribution in [0.4, 0.5) is 4.79 Å². The topological polar surface area (TPSA) is 133 Å². The summed E-state index contributed by atoms with van der Waals surface area (Å²) in [6, 6.07) is -0.670. The maximum absolute atomic E-state index is 10.4. The minimum absolute atomic E-state index is 0.00981. The van der Waals surface area contributed by atoms with Gasteiger partial charge >= 0.3 is 6.03 Å². The van der Waals surface area contributed by atoms with Gasteiger partial charge in [-0.3, -0.25) is 0 Å². The molecule has 0 aliphatic rings. The third kappa shape index (κ3) is 4.78. The Labute approximate surface area is 81.6 Å². The van der Waals surface area contributed by atoms with Crippen molar-refractivity contribution in [2.75, 3.05) is 20.4 Å². The van der Waals surface area contributed by atoms with Gasteiger partial charge in [-0.2, -0.15) is 5.26 Å². The number of nitrogens with one attached hydrogen (secondary N) is 2. The number of rotatable bonds is 4. The number of guanidine groups is 1. The Morgan fingerprint density at radius 3 is 2.64 bits per heavy atom. The van der Waals surface area contributed by atoms with Crippen LogP contribution in [0, 0.1) is 11.5 Å². The lowest BCUT2D eigenvalue weighted by molar-refractivity contribution is 0.242. The van der Waals surface area contributed by atoms with Gasteiger partial charge in [0.15, 0.2) is 0 Å². The van der Waals surface area contributed by atoms with Crippen molar-refractivity contribution in [1.82, 2.24) is 15.5 Å². The van der Waals surface area contributed by atoms with Crippen LogP contribution in [-0.4, -0.2) is 37.3 Å². The lowest BCUT2D eigenvalue weighted by atomic mass is 10.7. The molecule has 8 heteroatoms. The molecular formula is C6H13N7O. The number of aliphatic imine (C=N–C) groups is 1. The number of carbonyl (C=O) groups excluding carboxylic acids is 1. The molecule has 0 atom stereocenters. The summed E-state index contributed by atoms with van der Waals surface area (Å²) in [6.45, 7) is 0.435. The lowest BCUT2D eigenvalue weighted by Crippen LogP contribution is -2.49. The molecule has 14 heavy (non-hydrogen) atoms. The highest BCUT2D eigenvalue weighted by Crippen LogP contribution is 1.82. The monoisotopic (exact) mass is 199 g/mol. The molecule has 0 saturated heterocycles. The van der Waals surface area contributed by atoms with E-state index in [2.05, 4.69) is 15.6 Å². The molecular weight excluding hydrogens is 186 g/mol. The van der Waals surface area contributed by atoms with Crippen molar-refractivity contribution in [2.24, 2.45) is 16.5 Å². The van der Waals surface area contributed by atoms with Gasteiger partial charge in [0.2, 0.25) is 12.2 Å². The zero-order valence-electron chi connectivity index (χ0n) is 7.82. The first-order chi connectivity index (χ1) is 6.61. The van der Waals surface area contributed by atoms with E-state index in [9.17, 15) is 4.79 Å². The summed E-state index contributed by atoms with van der Waals surface area (Å²) < 4.78 is 0. The summed E-state index contributed by atoms with van der Waals surface area (Å²) in [4.78, 5) is 15.2. The standard InChI is InChI=1S/C6H13N7O/c1-10-3-13(4-12-6(9)14)5(8)11-2-7/h10H,3-4H2,1H3,(H2,8,11)(H3,9,12,14). The molecule has 0 heterocycles. The number of nitriles is 1. The van der Waals surface area contributed by atoms with Gasteiger partial charge < -0.3 is 27.0 Å². The maximum atomic E-state index is 10.4. The lowest BCUT2D eigenvalue weighted by Gasteiger charge is -2.21. The number of urea groups is 1. The number of primary amides is 1. The van der Waals surface area contributed by atoms with Crippen LogP contribution in [0.15, 0.2) is 4.99 Å². The fourth-order valence-corrected chi connectivity index (χ4v) is 0.704. The number of carbonyl (C=O) groups is 1. The molecule has 0 unspecified atom stereocenters. The average molecular weight is 199 g/mol. The molecule has 0 radical (unpaired) electrons. The zero-order chi connectivity index (χ0) is 11.0. The average Bonchev–Trinajstić information content (AvgIpc) is 2.12. The van der Waals surface area contributed by atoms with Crippen LogP contribution >= 0.6 is 0 Å². The molecule has 0 fully saturated rings. The van der Waals surface area contributed by atoms with E-state index in [4.69, 9.17) is 16.7 Å². The van der Waals surface area contributed by atoms with E-state index >= 15 is 0 Å². The number of nitrogens with two attached hydrogens (primary N) is 2. The summed E-state index contributed by atoms with van der Waals surface area (Å²) in [5.41, 5.74) is 10.3. The van der Waals surface area contributed by atoms with Gasteiger partial charge in [-0.1, -0.05) is 0 Å². The molecule has 0 saturated carbocycles. The van der Waals surface area contributed by atoms with Crippen LogP contribution in [0.3, 0.4) is 0 Å². The number of nitrogens with zero attached hydrogens (tertiary/aromatic N) is 3. The molecule has 2 amide bonds. The van der Waals surface area contributed by atoms with Gasteiger partial charge in [-0.15, -0.1) is 4.99 Å². The molecule has 6 N–H and O–H groups in total. The minimum Gasteiger partial charge on any atom is -0.369 e. The third-order valence-electron chi connectivity index (χ3n) is 1.28. The van der Waals surface area contributed by atoms with Crippen LogP contribution in [0.5, 0.6) is 0 Å². The van der Waals surface area contributed by atoms with Crippen LogP contribution in [-0.2, 0) is 0 Å². The van der Waals surface area contributed by atoms with Gasteiger partial charge in [0, 0.05) is 0 Å². The van der Waals surface area contributed by atoms with Crippen molar-refractivity contribution in [3.05, 3.63) is 0 Å². The Morgan fingerprint density at radius 2 is 2.21 bits per heavy atom. The van der Waals surface area contributed by atoms with Crippen LogP contribution in [0.2, 0.25) is 0 Å². The van der Waals surface area contributed by atoms with Gasteiger partial charge in [0.05, 0.1) is 13.3 Å².